The monoisotopic (exact) mass is 429 g/mol. The molecule has 3 aromatic carbocycles. The maximum atomic E-state index is 11.6. The van der Waals surface area contributed by atoms with Crippen LogP contribution >= 0.6 is 0 Å². The Balaban J connectivity index is 1.49. The summed E-state index contributed by atoms with van der Waals surface area (Å²) >= 11 is 0. The molecule has 1 fully saturated rings. The number of carbonyl (C=O) groups is 1. The molecule has 1 aliphatic heterocycles. The van der Waals surface area contributed by atoms with E-state index < -0.39 is 12.0 Å². The largest absolute Gasteiger partial charge is 0.489 e. The summed E-state index contributed by atoms with van der Waals surface area (Å²) < 4.78 is 6.26. The van der Waals surface area contributed by atoms with Crippen LogP contribution in [-0.4, -0.2) is 28.6 Å². The Bertz CT molecular complexity index is 1080. The Kier molecular flexibility index (Phi) is 6.91. The van der Waals surface area contributed by atoms with E-state index >= 15 is 0 Å². The number of benzene rings is 3. The Morgan fingerprint density at radius 2 is 1.84 bits per heavy atom. The van der Waals surface area contributed by atoms with Gasteiger partial charge in [0.25, 0.3) is 0 Å². The van der Waals surface area contributed by atoms with Gasteiger partial charge in [0.2, 0.25) is 0 Å². The molecule has 0 aliphatic carbocycles. The van der Waals surface area contributed by atoms with Gasteiger partial charge in [-0.1, -0.05) is 67.1 Å². The molecular formula is C28H31NO3. The van der Waals surface area contributed by atoms with Crippen LogP contribution in [0.15, 0.2) is 66.7 Å². The van der Waals surface area contributed by atoms with Crippen molar-refractivity contribution in [3.8, 4) is 16.9 Å². The molecule has 0 aromatic heterocycles. The maximum Gasteiger partial charge on any atom is 0.320 e. The molecule has 0 radical (unpaired) electrons. The number of hydrogen-bond donors (Lipinski definition) is 1. The predicted molar refractivity (Wildman–Crippen MR) is 128 cm³/mol. The van der Waals surface area contributed by atoms with Gasteiger partial charge >= 0.3 is 5.97 Å². The van der Waals surface area contributed by atoms with E-state index in [0.29, 0.717) is 13.2 Å². The molecule has 1 unspecified atom stereocenters. The first-order chi connectivity index (χ1) is 15.5. The minimum absolute atomic E-state index is 0.391. The van der Waals surface area contributed by atoms with Gasteiger partial charge in [-0.2, -0.15) is 0 Å². The van der Waals surface area contributed by atoms with Crippen LogP contribution in [0, 0.1) is 13.8 Å². The third kappa shape index (κ3) is 5.03. The zero-order valence-corrected chi connectivity index (χ0v) is 18.9. The van der Waals surface area contributed by atoms with Gasteiger partial charge in [-0.15, -0.1) is 0 Å². The number of aryl methyl sites for hydroxylation is 1. The van der Waals surface area contributed by atoms with E-state index in [1.54, 1.807) is 0 Å². The minimum atomic E-state index is -0.720. The molecule has 0 saturated carbocycles. The fourth-order valence-electron chi connectivity index (χ4n) is 4.52. The van der Waals surface area contributed by atoms with Crippen molar-refractivity contribution in [2.24, 2.45) is 0 Å². The molecule has 1 atom stereocenters. The third-order valence-corrected chi connectivity index (χ3v) is 6.45. The number of nitrogens with zero attached hydrogens (tertiary/aromatic N) is 1. The third-order valence-electron chi connectivity index (χ3n) is 6.45. The second-order valence-electron chi connectivity index (χ2n) is 8.66. The van der Waals surface area contributed by atoms with Crippen LogP contribution in [-0.2, 0) is 17.9 Å². The first-order valence-electron chi connectivity index (χ1n) is 11.4. The van der Waals surface area contributed by atoms with Crippen molar-refractivity contribution in [1.82, 2.24) is 4.90 Å². The van der Waals surface area contributed by atoms with Crippen molar-refractivity contribution in [2.45, 2.75) is 52.3 Å². The van der Waals surface area contributed by atoms with Gasteiger partial charge in [0.15, 0.2) is 0 Å². The van der Waals surface area contributed by atoms with E-state index in [9.17, 15) is 9.90 Å². The molecule has 1 saturated heterocycles. The van der Waals surface area contributed by atoms with Crippen LogP contribution in [0.2, 0.25) is 0 Å². The average Bonchev–Trinajstić information content (AvgIpc) is 2.81. The summed E-state index contributed by atoms with van der Waals surface area (Å²) in [5, 5.41) is 9.56. The molecule has 1 heterocycles. The quantitative estimate of drug-likeness (QED) is 0.501. The first kappa shape index (κ1) is 22.1. The zero-order chi connectivity index (χ0) is 22.5. The van der Waals surface area contributed by atoms with Crippen LogP contribution in [0.4, 0.5) is 0 Å². The highest BCUT2D eigenvalue weighted by Gasteiger charge is 2.28. The lowest BCUT2D eigenvalue weighted by molar-refractivity contribution is -0.144. The van der Waals surface area contributed by atoms with Crippen molar-refractivity contribution in [3.63, 3.8) is 0 Å². The van der Waals surface area contributed by atoms with Crippen LogP contribution < -0.4 is 4.74 Å². The summed E-state index contributed by atoms with van der Waals surface area (Å²) in [7, 11) is 0. The van der Waals surface area contributed by atoms with Gasteiger partial charge in [0, 0.05) is 6.54 Å². The summed E-state index contributed by atoms with van der Waals surface area (Å²) in [5.41, 5.74) is 7.00. The van der Waals surface area contributed by atoms with Gasteiger partial charge < -0.3 is 9.84 Å². The number of ether oxygens (including phenoxy) is 1. The lowest BCUT2D eigenvalue weighted by Crippen LogP contribution is -2.43. The number of carboxylic acid groups (broad SMARTS) is 1. The van der Waals surface area contributed by atoms with Crippen molar-refractivity contribution in [3.05, 3.63) is 89.0 Å². The number of hydrogen-bond acceptors (Lipinski definition) is 3. The van der Waals surface area contributed by atoms with Gasteiger partial charge in [0.1, 0.15) is 18.4 Å². The molecule has 4 rings (SSSR count). The molecule has 1 N–H and O–H groups in total. The van der Waals surface area contributed by atoms with Crippen LogP contribution in [0.1, 0.15) is 41.5 Å². The molecule has 32 heavy (non-hydrogen) atoms. The summed E-state index contributed by atoms with van der Waals surface area (Å²) in [6.07, 6.45) is 2.76. The summed E-state index contributed by atoms with van der Waals surface area (Å²) in [6, 6.07) is 22.6. The van der Waals surface area contributed by atoms with Crippen LogP contribution in [0.5, 0.6) is 5.75 Å². The number of carboxylic acids is 1. The second-order valence-corrected chi connectivity index (χ2v) is 8.66. The molecule has 0 bridgehead atoms. The molecule has 0 spiro atoms. The van der Waals surface area contributed by atoms with Crippen molar-refractivity contribution >= 4 is 5.97 Å². The van der Waals surface area contributed by atoms with E-state index in [1.807, 2.05) is 13.0 Å². The van der Waals surface area contributed by atoms with E-state index in [1.165, 1.54) is 16.7 Å². The zero-order valence-electron chi connectivity index (χ0n) is 18.9. The normalized spacial score (nSPS) is 16.6. The highest BCUT2D eigenvalue weighted by Crippen LogP contribution is 2.28. The molecule has 166 valence electrons. The molecule has 3 aromatic rings. The van der Waals surface area contributed by atoms with Crippen LogP contribution in [0.25, 0.3) is 11.1 Å². The van der Waals surface area contributed by atoms with Gasteiger partial charge in [-0.3, -0.25) is 9.69 Å². The first-order valence-corrected chi connectivity index (χ1v) is 11.4. The molecule has 4 heteroatoms. The highest BCUT2D eigenvalue weighted by molar-refractivity contribution is 5.73. The lowest BCUT2D eigenvalue weighted by Gasteiger charge is -2.33. The fourth-order valence-corrected chi connectivity index (χ4v) is 4.52. The smallest absolute Gasteiger partial charge is 0.320 e. The van der Waals surface area contributed by atoms with E-state index in [4.69, 9.17) is 4.74 Å². The summed E-state index contributed by atoms with van der Waals surface area (Å²) in [4.78, 5) is 13.7. The molecular weight excluding hydrogens is 398 g/mol. The number of piperidine rings is 1. The molecule has 1 aliphatic rings. The Morgan fingerprint density at radius 1 is 1.03 bits per heavy atom. The van der Waals surface area contributed by atoms with Crippen molar-refractivity contribution < 1.29 is 14.6 Å². The lowest BCUT2D eigenvalue weighted by atomic mass is 9.97. The minimum Gasteiger partial charge on any atom is -0.489 e. The van der Waals surface area contributed by atoms with Gasteiger partial charge in [-0.25, -0.2) is 0 Å². The van der Waals surface area contributed by atoms with Crippen molar-refractivity contribution in [2.75, 3.05) is 6.54 Å². The fraction of sp³-hybridized carbons (Fsp3) is 0.321. The topological polar surface area (TPSA) is 49.8 Å². The SMILES string of the molecule is Cc1ccc(CN2CCCCC2C(=O)O)cc1OCc1cccc(-c2ccccc2)c1C. The highest BCUT2D eigenvalue weighted by atomic mass is 16.5. The van der Waals surface area contributed by atoms with E-state index in [2.05, 4.69) is 72.5 Å². The Hall–Kier alpha value is -3.11. The predicted octanol–water partition coefficient (Wildman–Crippen LogP) is 5.99. The number of rotatable bonds is 7. The standard InChI is InChI=1S/C28H31NO3/c1-20-14-15-22(18-29-16-7-6-13-26(29)28(30)31)17-27(20)32-19-24-11-8-12-25(21(24)2)23-9-4-3-5-10-23/h3-5,8-12,14-15,17,26H,6-7,13,16,18-19H2,1-2H3,(H,30,31). The van der Waals surface area contributed by atoms with Crippen molar-refractivity contribution in [1.29, 1.82) is 0 Å². The summed E-state index contributed by atoms with van der Waals surface area (Å²) in [6.45, 7) is 6.15. The Labute approximate surface area is 190 Å². The van der Waals surface area contributed by atoms with E-state index in [-0.39, 0.29) is 0 Å². The van der Waals surface area contributed by atoms with E-state index in [0.717, 1.165) is 48.2 Å². The molecule has 4 nitrogen and oxygen atoms in total. The number of aliphatic carboxylic acids is 1. The Morgan fingerprint density at radius 3 is 2.62 bits per heavy atom. The maximum absolute atomic E-state index is 11.6. The summed E-state index contributed by atoms with van der Waals surface area (Å²) in [5.74, 6) is 0.137. The van der Waals surface area contributed by atoms with Gasteiger partial charge in [0.05, 0.1) is 0 Å². The molecule has 0 amide bonds. The van der Waals surface area contributed by atoms with Crippen LogP contribution in [0.3, 0.4) is 0 Å². The number of likely N-dealkylation sites (tertiary alicyclic amines) is 1. The second kappa shape index (κ2) is 10.0. The van der Waals surface area contributed by atoms with Gasteiger partial charge in [-0.05, 0) is 72.7 Å². The average molecular weight is 430 g/mol.